The van der Waals surface area contributed by atoms with Crippen LogP contribution in [-0.2, 0) is 6.54 Å². The number of benzene rings is 1. The Kier molecular flexibility index (Phi) is 2.36. The van der Waals surface area contributed by atoms with E-state index in [4.69, 9.17) is 0 Å². The van der Waals surface area contributed by atoms with Crippen LogP contribution in [0, 0.1) is 0 Å². The SMILES string of the molecule is CCC1CN(C)Cc2ccccc21. The largest absolute Gasteiger partial charge is 0.301 e. The fourth-order valence-electron chi connectivity index (χ4n) is 2.26. The maximum atomic E-state index is 2.41. The quantitative estimate of drug-likeness (QED) is 0.634. The second kappa shape index (κ2) is 3.51. The maximum absolute atomic E-state index is 2.41. The van der Waals surface area contributed by atoms with E-state index in [1.165, 1.54) is 18.5 Å². The second-order valence-corrected chi connectivity index (χ2v) is 4.00. The van der Waals surface area contributed by atoms with Crippen LogP contribution in [0.15, 0.2) is 24.3 Å². The molecule has 0 aromatic heterocycles. The zero-order valence-electron chi connectivity index (χ0n) is 8.46. The van der Waals surface area contributed by atoms with Crippen molar-refractivity contribution in [2.45, 2.75) is 25.8 Å². The van der Waals surface area contributed by atoms with E-state index in [0.717, 1.165) is 12.5 Å². The Balaban J connectivity index is 2.37. The fraction of sp³-hybridized carbons (Fsp3) is 0.500. The van der Waals surface area contributed by atoms with E-state index in [1.807, 2.05) is 0 Å². The summed E-state index contributed by atoms with van der Waals surface area (Å²) in [5.41, 5.74) is 3.09. The number of hydrogen-bond acceptors (Lipinski definition) is 1. The summed E-state index contributed by atoms with van der Waals surface area (Å²) < 4.78 is 0. The van der Waals surface area contributed by atoms with Crippen molar-refractivity contribution >= 4 is 0 Å². The molecule has 1 aliphatic heterocycles. The maximum Gasteiger partial charge on any atom is 0.0233 e. The third-order valence-corrected chi connectivity index (χ3v) is 2.96. The van der Waals surface area contributed by atoms with Crippen molar-refractivity contribution in [2.75, 3.05) is 13.6 Å². The van der Waals surface area contributed by atoms with Gasteiger partial charge >= 0.3 is 0 Å². The van der Waals surface area contributed by atoms with Crippen LogP contribution in [-0.4, -0.2) is 18.5 Å². The lowest BCUT2D eigenvalue weighted by atomic mass is 9.88. The first-order valence-corrected chi connectivity index (χ1v) is 5.07. The second-order valence-electron chi connectivity index (χ2n) is 4.00. The van der Waals surface area contributed by atoms with Crippen LogP contribution < -0.4 is 0 Å². The van der Waals surface area contributed by atoms with E-state index in [1.54, 1.807) is 5.56 Å². The zero-order valence-corrected chi connectivity index (χ0v) is 8.46. The molecule has 0 saturated carbocycles. The molecular formula is C12H17N. The van der Waals surface area contributed by atoms with Gasteiger partial charge in [-0.15, -0.1) is 0 Å². The van der Waals surface area contributed by atoms with Gasteiger partial charge in [0.2, 0.25) is 0 Å². The van der Waals surface area contributed by atoms with E-state index < -0.39 is 0 Å². The first kappa shape index (κ1) is 8.76. The highest BCUT2D eigenvalue weighted by Crippen LogP contribution is 2.29. The van der Waals surface area contributed by atoms with Gasteiger partial charge in [-0.25, -0.2) is 0 Å². The monoisotopic (exact) mass is 175 g/mol. The number of hydrogen-bond donors (Lipinski definition) is 0. The molecule has 1 heteroatoms. The van der Waals surface area contributed by atoms with Crippen LogP contribution in [0.1, 0.15) is 30.4 Å². The normalized spacial score (nSPS) is 22.8. The van der Waals surface area contributed by atoms with Gasteiger partial charge in [0.05, 0.1) is 0 Å². The topological polar surface area (TPSA) is 3.24 Å². The molecule has 1 aromatic rings. The minimum atomic E-state index is 0.745. The molecule has 0 aliphatic carbocycles. The van der Waals surface area contributed by atoms with Gasteiger partial charge in [-0.05, 0) is 30.5 Å². The third-order valence-electron chi connectivity index (χ3n) is 2.96. The molecule has 2 rings (SSSR count). The van der Waals surface area contributed by atoms with Crippen LogP contribution in [0.3, 0.4) is 0 Å². The molecule has 70 valence electrons. The molecule has 1 aromatic carbocycles. The highest BCUT2D eigenvalue weighted by molar-refractivity contribution is 5.32. The summed E-state index contributed by atoms with van der Waals surface area (Å²) in [6.07, 6.45) is 1.25. The molecule has 13 heavy (non-hydrogen) atoms. The van der Waals surface area contributed by atoms with E-state index in [0.29, 0.717) is 0 Å². The molecule has 1 unspecified atom stereocenters. The van der Waals surface area contributed by atoms with Gasteiger partial charge in [-0.3, -0.25) is 0 Å². The van der Waals surface area contributed by atoms with Gasteiger partial charge in [0.15, 0.2) is 0 Å². The average molecular weight is 175 g/mol. The van der Waals surface area contributed by atoms with Crippen molar-refractivity contribution in [3.63, 3.8) is 0 Å². The van der Waals surface area contributed by atoms with E-state index in [-0.39, 0.29) is 0 Å². The zero-order chi connectivity index (χ0) is 9.26. The summed E-state index contributed by atoms with van der Waals surface area (Å²) >= 11 is 0. The number of likely N-dealkylation sites (N-methyl/N-ethyl adjacent to an activating group) is 1. The molecular weight excluding hydrogens is 158 g/mol. The lowest BCUT2D eigenvalue weighted by Gasteiger charge is -2.31. The first-order valence-electron chi connectivity index (χ1n) is 5.07. The van der Waals surface area contributed by atoms with Crippen molar-refractivity contribution in [3.8, 4) is 0 Å². The van der Waals surface area contributed by atoms with Crippen molar-refractivity contribution in [3.05, 3.63) is 35.4 Å². The van der Waals surface area contributed by atoms with Gasteiger partial charge < -0.3 is 4.90 Å². The Bertz CT molecular complexity index is 293. The minimum Gasteiger partial charge on any atom is -0.301 e. The van der Waals surface area contributed by atoms with Gasteiger partial charge in [0.25, 0.3) is 0 Å². The van der Waals surface area contributed by atoms with Crippen LogP contribution in [0.25, 0.3) is 0 Å². The van der Waals surface area contributed by atoms with Crippen molar-refractivity contribution in [2.24, 2.45) is 0 Å². The number of nitrogens with zero attached hydrogens (tertiary/aromatic N) is 1. The summed E-state index contributed by atoms with van der Waals surface area (Å²) in [5, 5.41) is 0. The van der Waals surface area contributed by atoms with E-state index in [2.05, 4.69) is 43.1 Å². The van der Waals surface area contributed by atoms with Crippen molar-refractivity contribution in [1.82, 2.24) is 4.90 Å². The summed E-state index contributed by atoms with van der Waals surface area (Å²) in [5.74, 6) is 0.745. The van der Waals surface area contributed by atoms with Crippen LogP contribution in [0.2, 0.25) is 0 Å². The summed E-state index contributed by atoms with van der Waals surface area (Å²) in [6, 6.07) is 8.85. The molecule has 1 atom stereocenters. The summed E-state index contributed by atoms with van der Waals surface area (Å²) in [6.45, 7) is 4.61. The summed E-state index contributed by atoms with van der Waals surface area (Å²) in [7, 11) is 2.21. The predicted molar refractivity (Wildman–Crippen MR) is 55.8 cm³/mol. The summed E-state index contributed by atoms with van der Waals surface area (Å²) in [4.78, 5) is 2.41. The number of fused-ring (bicyclic) bond motifs is 1. The Morgan fingerprint density at radius 1 is 1.38 bits per heavy atom. The van der Waals surface area contributed by atoms with Gasteiger partial charge in [0, 0.05) is 13.1 Å². The molecule has 0 radical (unpaired) electrons. The molecule has 1 aliphatic rings. The molecule has 0 spiro atoms. The Hall–Kier alpha value is -0.820. The highest BCUT2D eigenvalue weighted by atomic mass is 15.1. The van der Waals surface area contributed by atoms with Gasteiger partial charge in [-0.1, -0.05) is 31.2 Å². The van der Waals surface area contributed by atoms with E-state index in [9.17, 15) is 0 Å². The standard InChI is InChI=1S/C12H17N/c1-3-10-8-13(2)9-11-6-4-5-7-12(10)11/h4-7,10H,3,8-9H2,1-2H3. The molecule has 1 heterocycles. The number of rotatable bonds is 1. The van der Waals surface area contributed by atoms with Gasteiger partial charge in [-0.2, -0.15) is 0 Å². The minimum absolute atomic E-state index is 0.745. The molecule has 0 saturated heterocycles. The molecule has 0 bridgehead atoms. The molecule has 0 fully saturated rings. The van der Waals surface area contributed by atoms with Crippen molar-refractivity contribution in [1.29, 1.82) is 0 Å². The molecule has 0 N–H and O–H groups in total. The van der Waals surface area contributed by atoms with Crippen LogP contribution >= 0.6 is 0 Å². The average Bonchev–Trinajstić information content (AvgIpc) is 2.16. The fourth-order valence-corrected chi connectivity index (χ4v) is 2.26. The van der Waals surface area contributed by atoms with Crippen LogP contribution in [0.5, 0.6) is 0 Å². The lowest BCUT2D eigenvalue weighted by Crippen LogP contribution is -2.29. The predicted octanol–water partition coefficient (Wildman–Crippen LogP) is 2.63. The molecule has 0 amide bonds. The van der Waals surface area contributed by atoms with E-state index >= 15 is 0 Å². The smallest absolute Gasteiger partial charge is 0.0233 e. The Morgan fingerprint density at radius 3 is 2.92 bits per heavy atom. The van der Waals surface area contributed by atoms with Crippen LogP contribution in [0.4, 0.5) is 0 Å². The molecule has 1 nitrogen and oxygen atoms in total. The van der Waals surface area contributed by atoms with Gasteiger partial charge in [0.1, 0.15) is 0 Å². The van der Waals surface area contributed by atoms with Crippen molar-refractivity contribution < 1.29 is 0 Å². The lowest BCUT2D eigenvalue weighted by molar-refractivity contribution is 0.277. The Labute approximate surface area is 80.4 Å². The highest BCUT2D eigenvalue weighted by Gasteiger charge is 2.20. The first-order chi connectivity index (χ1) is 6.31. The Morgan fingerprint density at radius 2 is 2.15 bits per heavy atom. The third kappa shape index (κ3) is 1.61.